The van der Waals surface area contributed by atoms with Gasteiger partial charge in [-0.3, -0.25) is 0 Å². The molecule has 6 rings (SSSR count). The summed E-state index contributed by atoms with van der Waals surface area (Å²) < 4.78 is 20.7. The molecule has 0 N–H and O–H groups in total. The van der Waals surface area contributed by atoms with Crippen LogP contribution in [-0.4, -0.2) is 17.6 Å². The average Bonchev–Trinajstić information content (AvgIpc) is 3.42. The number of nitriles is 1. The molecule has 3 aromatic carbocycles. The monoisotopic (exact) mass is 496 g/mol. The molecule has 2 aliphatic rings. The quantitative estimate of drug-likeness (QED) is 0.329. The van der Waals surface area contributed by atoms with Gasteiger partial charge in [0.15, 0.2) is 0 Å². The number of aryl methyl sites for hydroxylation is 1. The Hall–Kier alpha value is -4.21. The molecule has 4 aromatic rings. The van der Waals surface area contributed by atoms with Crippen LogP contribution < -0.4 is 4.74 Å². The molecule has 0 unspecified atom stereocenters. The first-order chi connectivity index (χ1) is 17.5. The van der Waals surface area contributed by atoms with Gasteiger partial charge >= 0.3 is 5.97 Å². The normalized spacial score (nSPS) is 22.3. The van der Waals surface area contributed by atoms with Gasteiger partial charge in [-0.15, -0.1) is 0 Å². The van der Waals surface area contributed by atoms with Crippen LogP contribution in [0.2, 0.25) is 5.02 Å². The van der Waals surface area contributed by atoms with Crippen molar-refractivity contribution in [3.63, 3.8) is 0 Å². The third kappa shape index (κ3) is 2.93. The zero-order valence-electron chi connectivity index (χ0n) is 19.6. The highest BCUT2D eigenvalue weighted by atomic mass is 35.5. The summed E-state index contributed by atoms with van der Waals surface area (Å²) >= 11 is 6.13. The Morgan fingerprint density at radius 3 is 2.44 bits per heavy atom. The molecule has 0 spiro atoms. The number of carbonyl (C=O) groups is 1. The van der Waals surface area contributed by atoms with Crippen LogP contribution in [0.4, 0.5) is 0 Å². The Morgan fingerprint density at radius 2 is 1.75 bits per heavy atom. The maximum atomic E-state index is 13.9. The molecule has 0 saturated carbocycles. The Bertz CT molecular complexity index is 1580. The van der Waals surface area contributed by atoms with Crippen LogP contribution in [0.5, 0.6) is 5.88 Å². The maximum Gasteiger partial charge on any atom is 0.356 e. The first-order valence-corrected chi connectivity index (χ1v) is 11.9. The van der Waals surface area contributed by atoms with Crippen LogP contribution in [-0.2, 0) is 26.9 Å². The minimum atomic E-state index is -1.64. The molecule has 1 aromatic heterocycles. The number of rotatable bonds is 3. The molecule has 6 nitrogen and oxygen atoms in total. The van der Waals surface area contributed by atoms with Crippen molar-refractivity contribution < 1.29 is 19.0 Å². The van der Waals surface area contributed by atoms with E-state index >= 15 is 0 Å². The number of aromatic nitrogens is 1. The predicted molar refractivity (Wildman–Crippen MR) is 135 cm³/mol. The van der Waals surface area contributed by atoms with E-state index in [0.29, 0.717) is 33.4 Å². The van der Waals surface area contributed by atoms with Crippen LogP contribution >= 0.6 is 11.6 Å². The zero-order chi connectivity index (χ0) is 25.0. The minimum Gasteiger partial charge on any atom is -0.469 e. The summed E-state index contributed by atoms with van der Waals surface area (Å²) in [6, 6.07) is 26.6. The van der Waals surface area contributed by atoms with Crippen LogP contribution in [0.3, 0.4) is 0 Å². The number of benzene rings is 3. The summed E-state index contributed by atoms with van der Waals surface area (Å²) in [6.07, 6.45) is -0.680. The van der Waals surface area contributed by atoms with Gasteiger partial charge in [0, 0.05) is 23.0 Å². The molecule has 0 amide bonds. The summed E-state index contributed by atoms with van der Waals surface area (Å²) in [6.45, 7) is 0. The fourth-order valence-corrected chi connectivity index (χ4v) is 5.64. The molecule has 0 saturated heterocycles. The molecule has 3 atom stereocenters. The van der Waals surface area contributed by atoms with E-state index in [4.69, 9.17) is 25.8 Å². The van der Waals surface area contributed by atoms with E-state index in [9.17, 15) is 10.1 Å². The number of ether oxygens (including phenoxy) is 3. The smallest absolute Gasteiger partial charge is 0.356 e. The predicted octanol–water partition coefficient (Wildman–Crippen LogP) is 5.91. The van der Waals surface area contributed by atoms with Gasteiger partial charge in [0.25, 0.3) is 0 Å². The molecule has 7 heteroatoms. The third-order valence-corrected chi connectivity index (χ3v) is 7.32. The topological polar surface area (TPSA) is 73.5 Å². The van der Waals surface area contributed by atoms with Gasteiger partial charge in [0.05, 0.1) is 35.8 Å². The lowest BCUT2D eigenvalue weighted by atomic mass is 9.72. The molecule has 0 bridgehead atoms. The van der Waals surface area contributed by atoms with Gasteiger partial charge in [0.1, 0.15) is 11.9 Å². The van der Waals surface area contributed by atoms with Crippen LogP contribution in [0.25, 0.3) is 16.7 Å². The molecular weight excluding hydrogens is 476 g/mol. The summed E-state index contributed by atoms with van der Waals surface area (Å²) in [5, 5.41) is 11.8. The number of halogens is 1. The minimum absolute atomic E-state index is 0.315. The average molecular weight is 497 g/mol. The molecule has 2 aliphatic heterocycles. The summed E-state index contributed by atoms with van der Waals surface area (Å²) in [4.78, 5) is 13.9. The number of hydrogen-bond donors (Lipinski definition) is 0. The number of esters is 1. The van der Waals surface area contributed by atoms with Crippen molar-refractivity contribution in [2.24, 2.45) is 13.0 Å². The van der Waals surface area contributed by atoms with Crippen molar-refractivity contribution in [2.45, 2.75) is 11.7 Å². The first-order valence-electron chi connectivity index (χ1n) is 11.5. The van der Waals surface area contributed by atoms with E-state index in [1.807, 2.05) is 66.2 Å². The zero-order valence-corrected chi connectivity index (χ0v) is 20.3. The fourth-order valence-electron chi connectivity index (χ4n) is 5.51. The largest absolute Gasteiger partial charge is 0.469 e. The molecule has 178 valence electrons. The van der Waals surface area contributed by atoms with Crippen molar-refractivity contribution in [2.75, 3.05) is 7.11 Å². The Balaban J connectivity index is 1.71. The molecule has 0 fully saturated rings. The van der Waals surface area contributed by atoms with E-state index in [1.165, 1.54) is 7.11 Å². The van der Waals surface area contributed by atoms with E-state index in [1.54, 1.807) is 24.3 Å². The number of carbonyl (C=O) groups excluding carboxylic acids is 1. The fraction of sp³-hybridized carbons (Fsp3) is 0.172. The van der Waals surface area contributed by atoms with Crippen LogP contribution in [0.1, 0.15) is 22.8 Å². The van der Waals surface area contributed by atoms with Crippen LogP contribution in [0.15, 0.2) is 84.4 Å². The van der Waals surface area contributed by atoms with E-state index < -0.39 is 23.6 Å². The SMILES string of the molecule is COC(=O)[C@@]12OC(c3ccc(Cl)cc3)=C(C#N)[C@@H]1[C@@H](c1ccccc1)Oc1c2c2ccccc2n1C. The molecule has 3 heterocycles. The van der Waals surface area contributed by atoms with E-state index in [0.717, 1.165) is 16.5 Å². The van der Waals surface area contributed by atoms with E-state index in [2.05, 4.69) is 6.07 Å². The van der Waals surface area contributed by atoms with Crippen molar-refractivity contribution in [1.82, 2.24) is 4.57 Å². The van der Waals surface area contributed by atoms with Gasteiger partial charge in [-0.2, -0.15) is 5.26 Å². The lowest BCUT2D eigenvalue weighted by Gasteiger charge is -2.41. The lowest BCUT2D eigenvalue weighted by Crippen LogP contribution is -2.49. The number of methoxy groups -OCH3 is 1. The first kappa shape index (κ1) is 22.3. The summed E-state index contributed by atoms with van der Waals surface area (Å²) in [5.41, 5.74) is 1.57. The number of nitrogens with zero attached hydrogens (tertiary/aromatic N) is 2. The molecule has 36 heavy (non-hydrogen) atoms. The number of fused-ring (bicyclic) bond motifs is 5. The van der Waals surface area contributed by atoms with Gasteiger partial charge in [-0.25, -0.2) is 4.79 Å². The van der Waals surface area contributed by atoms with Gasteiger partial charge in [-0.1, -0.05) is 60.1 Å². The lowest BCUT2D eigenvalue weighted by molar-refractivity contribution is -0.171. The van der Waals surface area contributed by atoms with Crippen molar-refractivity contribution in [1.29, 1.82) is 5.26 Å². The van der Waals surface area contributed by atoms with Gasteiger partial charge in [-0.05, 0) is 35.9 Å². The van der Waals surface area contributed by atoms with Crippen molar-refractivity contribution >= 4 is 34.2 Å². The van der Waals surface area contributed by atoms with Crippen LogP contribution in [0, 0.1) is 17.2 Å². The second kappa shape index (κ2) is 8.18. The van der Waals surface area contributed by atoms with Crippen molar-refractivity contribution in [3.05, 3.63) is 106 Å². The highest BCUT2D eigenvalue weighted by Gasteiger charge is 2.66. The highest BCUT2D eigenvalue weighted by molar-refractivity contribution is 6.30. The standard InChI is InChI=1S/C29H21ClN2O4/c1-32-22-11-7-6-10-20(22)24-27(32)35-26(17-8-4-3-5-9-17)23-21(16-31)25(18-12-14-19(30)15-13-18)36-29(23,24)28(33)34-2/h3-15,23,26H,1-2H3/t23-,26-,29-/m1/s1. The Labute approximate surface area is 212 Å². The molecule has 0 radical (unpaired) electrons. The third-order valence-electron chi connectivity index (χ3n) is 7.07. The summed E-state index contributed by atoms with van der Waals surface area (Å²) in [5.74, 6) is -0.566. The molecular formula is C29H21ClN2O4. The van der Waals surface area contributed by atoms with Gasteiger partial charge in [0.2, 0.25) is 11.5 Å². The second-order valence-electron chi connectivity index (χ2n) is 8.87. The molecule has 0 aliphatic carbocycles. The van der Waals surface area contributed by atoms with Crippen molar-refractivity contribution in [3.8, 4) is 11.9 Å². The van der Waals surface area contributed by atoms with Gasteiger partial charge < -0.3 is 18.8 Å². The number of para-hydroxylation sites is 1. The summed E-state index contributed by atoms with van der Waals surface area (Å²) in [7, 11) is 3.23. The Morgan fingerprint density at radius 1 is 1.06 bits per heavy atom. The Kier molecular flexibility index (Phi) is 5.06. The number of hydrogen-bond acceptors (Lipinski definition) is 5. The maximum absolute atomic E-state index is 13.9. The highest BCUT2D eigenvalue weighted by Crippen LogP contribution is 2.62. The van der Waals surface area contributed by atoms with E-state index in [-0.39, 0.29) is 0 Å². The second-order valence-corrected chi connectivity index (χ2v) is 9.31.